The molecule has 164 valence electrons. The van der Waals surface area contributed by atoms with E-state index in [-0.39, 0.29) is 12.3 Å². The fourth-order valence-corrected chi connectivity index (χ4v) is 3.01. The van der Waals surface area contributed by atoms with Gasteiger partial charge in [0.25, 0.3) is 0 Å². The number of allylic oxidation sites excluding steroid dienone is 3. The molecule has 0 spiro atoms. The molecule has 0 aliphatic heterocycles. The van der Waals surface area contributed by atoms with Crippen molar-refractivity contribution in [3.05, 3.63) is 102 Å². The molecule has 31 heavy (non-hydrogen) atoms. The summed E-state index contributed by atoms with van der Waals surface area (Å²) in [4.78, 5) is 14.8. The molecule has 0 unspecified atom stereocenters. The number of nitrogens with zero attached hydrogens (tertiary/aromatic N) is 1. The van der Waals surface area contributed by atoms with E-state index in [1.165, 1.54) is 19.2 Å². The van der Waals surface area contributed by atoms with E-state index in [4.69, 9.17) is 4.74 Å². The lowest BCUT2D eigenvalue weighted by molar-refractivity contribution is -0.137. The molecule has 3 nitrogen and oxygen atoms in total. The third-order valence-corrected chi connectivity index (χ3v) is 4.82. The molecule has 0 N–H and O–H groups in total. The van der Waals surface area contributed by atoms with E-state index in [9.17, 15) is 18.0 Å². The van der Waals surface area contributed by atoms with Gasteiger partial charge in [-0.3, -0.25) is 4.79 Å². The van der Waals surface area contributed by atoms with Gasteiger partial charge in [-0.15, -0.1) is 0 Å². The summed E-state index contributed by atoms with van der Waals surface area (Å²) < 4.78 is 43.5. The first-order valence-corrected chi connectivity index (χ1v) is 9.73. The Labute approximate surface area is 181 Å². The zero-order valence-corrected chi connectivity index (χ0v) is 17.7. The van der Waals surface area contributed by atoms with Gasteiger partial charge in [0.1, 0.15) is 5.76 Å². The van der Waals surface area contributed by atoms with Gasteiger partial charge in [0.15, 0.2) is 0 Å². The maximum absolute atomic E-state index is 13.1. The predicted octanol–water partition coefficient (Wildman–Crippen LogP) is 6.25. The molecule has 2 aromatic carbocycles. The van der Waals surface area contributed by atoms with E-state index >= 15 is 0 Å². The lowest BCUT2D eigenvalue weighted by Crippen LogP contribution is -2.33. The van der Waals surface area contributed by atoms with Crippen molar-refractivity contribution in [1.29, 1.82) is 0 Å². The van der Waals surface area contributed by atoms with Crippen molar-refractivity contribution in [3.8, 4) is 0 Å². The van der Waals surface area contributed by atoms with Crippen molar-refractivity contribution in [3.63, 3.8) is 0 Å². The minimum Gasteiger partial charge on any atom is -0.497 e. The Bertz CT molecular complexity index is 942. The smallest absolute Gasteiger partial charge is 0.416 e. The van der Waals surface area contributed by atoms with Gasteiger partial charge in [-0.05, 0) is 43.2 Å². The quantitative estimate of drug-likeness (QED) is 0.348. The number of carbonyl (C=O) groups is 1. The molecule has 0 bridgehead atoms. The highest BCUT2D eigenvalue weighted by molar-refractivity contribution is 5.95. The van der Waals surface area contributed by atoms with E-state index in [1.807, 2.05) is 31.2 Å². The summed E-state index contributed by atoms with van der Waals surface area (Å²) >= 11 is 0. The Hall–Kier alpha value is -3.28. The summed E-state index contributed by atoms with van der Waals surface area (Å²) in [6, 6.07) is 12.5. The standard InChI is InChI=1S/C25H26F3NO2/c1-5-6-21(19(3)31-4)17-24(30)29(23-13-7-18(2)8-14-23)16-15-20-9-11-22(12-10-20)25(26,27)28/h5-14H,1,3,15-17H2,2,4H3/b21-6-. The first-order valence-electron chi connectivity index (χ1n) is 9.73. The summed E-state index contributed by atoms with van der Waals surface area (Å²) in [7, 11) is 1.48. The van der Waals surface area contributed by atoms with E-state index in [1.54, 1.807) is 17.1 Å². The third kappa shape index (κ3) is 6.88. The molecule has 0 aliphatic rings. The van der Waals surface area contributed by atoms with Crippen LogP contribution in [0.5, 0.6) is 0 Å². The van der Waals surface area contributed by atoms with Crippen molar-refractivity contribution in [2.45, 2.75) is 25.9 Å². The molecule has 0 saturated heterocycles. The van der Waals surface area contributed by atoms with Crippen molar-refractivity contribution >= 4 is 11.6 Å². The Morgan fingerprint density at radius 2 is 1.71 bits per heavy atom. The van der Waals surface area contributed by atoms with Crippen molar-refractivity contribution in [1.82, 2.24) is 0 Å². The number of hydrogen-bond donors (Lipinski definition) is 0. The van der Waals surface area contributed by atoms with Crippen LogP contribution in [0.4, 0.5) is 18.9 Å². The lowest BCUT2D eigenvalue weighted by Gasteiger charge is -2.24. The van der Waals surface area contributed by atoms with Gasteiger partial charge < -0.3 is 9.64 Å². The highest BCUT2D eigenvalue weighted by atomic mass is 19.4. The minimum absolute atomic E-state index is 0.0551. The van der Waals surface area contributed by atoms with Crippen molar-refractivity contribution in [2.75, 3.05) is 18.6 Å². The molecule has 2 aromatic rings. The number of anilines is 1. The van der Waals surface area contributed by atoms with Crippen LogP contribution >= 0.6 is 0 Å². The number of rotatable bonds is 9. The Morgan fingerprint density at radius 1 is 1.10 bits per heavy atom. The van der Waals surface area contributed by atoms with Crippen LogP contribution in [0.3, 0.4) is 0 Å². The summed E-state index contributed by atoms with van der Waals surface area (Å²) in [5, 5.41) is 0. The highest BCUT2D eigenvalue weighted by Gasteiger charge is 2.30. The Balaban J connectivity index is 2.23. The van der Waals surface area contributed by atoms with Gasteiger partial charge in [-0.1, -0.05) is 55.1 Å². The third-order valence-electron chi connectivity index (χ3n) is 4.82. The average Bonchev–Trinajstić information content (AvgIpc) is 2.74. The predicted molar refractivity (Wildman–Crippen MR) is 118 cm³/mol. The van der Waals surface area contributed by atoms with Gasteiger partial charge in [0, 0.05) is 17.8 Å². The van der Waals surface area contributed by atoms with Crippen LogP contribution in [-0.2, 0) is 22.1 Å². The van der Waals surface area contributed by atoms with Crippen LogP contribution in [0.2, 0.25) is 0 Å². The largest absolute Gasteiger partial charge is 0.497 e. The summed E-state index contributed by atoms with van der Waals surface area (Å²) in [5.41, 5.74) is 2.39. The normalized spacial score (nSPS) is 11.7. The van der Waals surface area contributed by atoms with Gasteiger partial charge >= 0.3 is 6.18 Å². The summed E-state index contributed by atoms with van der Waals surface area (Å²) in [6.45, 7) is 9.73. The minimum atomic E-state index is -4.37. The number of carbonyl (C=O) groups excluding carboxylic acids is 1. The first-order chi connectivity index (χ1) is 14.7. The van der Waals surface area contributed by atoms with Crippen LogP contribution in [0.15, 0.2) is 85.2 Å². The van der Waals surface area contributed by atoms with Crippen LogP contribution in [-0.4, -0.2) is 19.6 Å². The van der Waals surface area contributed by atoms with Crippen LogP contribution in [0.1, 0.15) is 23.1 Å². The molecule has 0 aliphatic carbocycles. The zero-order valence-electron chi connectivity index (χ0n) is 17.7. The molecule has 6 heteroatoms. The lowest BCUT2D eigenvalue weighted by atomic mass is 10.1. The summed E-state index contributed by atoms with van der Waals surface area (Å²) in [6.07, 6.45) is -0.679. The van der Waals surface area contributed by atoms with E-state index < -0.39 is 11.7 Å². The first kappa shape index (κ1) is 24.0. The molecule has 2 rings (SSSR count). The number of methoxy groups -OCH3 is 1. The summed E-state index contributed by atoms with van der Waals surface area (Å²) in [5.74, 6) is 0.196. The molecule has 0 aromatic heterocycles. The number of aryl methyl sites for hydroxylation is 1. The van der Waals surface area contributed by atoms with Crippen molar-refractivity contribution in [2.24, 2.45) is 0 Å². The second-order valence-corrected chi connectivity index (χ2v) is 7.06. The monoisotopic (exact) mass is 429 g/mol. The molecule has 0 fully saturated rings. The molecule has 0 saturated carbocycles. The molecule has 1 amide bonds. The number of ether oxygens (including phenoxy) is 1. The van der Waals surface area contributed by atoms with E-state index in [0.29, 0.717) is 35.5 Å². The number of benzene rings is 2. The van der Waals surface area contributed by atoms with Gasteiger partial charge in [-0.25, -0.2) is 0 Å². The number of hydrogen-bond acceptors (Lipinski definition) is 2. The molecular formula is C25H26F3NO2. The maximum atomic E-state index is 13.1. The number of amides is 1. The highest BCUT2D eigenvalue weighted by Crippen LogP contribution is 2.29. The second kappa shape index (κ2) is 10.7. The van der Waals surface area contributed by atoms with Gasteiger partial charge in [-0.2, -0.15) is 13.2 Å². The SMILES string of the molecule is C=C/C=C(/CC(=O)N(CCc1ccc(C(F)(F)F)cc1)c1ccc(C)cc1)C(=C)OC. The van der Waals surface area contributed by atoms with E-state index in [0.717, 1.165) is 17.7 Å². The van der Waals surface area contributed by atoms with Gasteiger partial charge in [0.05, 0.1) is 19.1 Å². The van der Waals surface area contributed by atoms with Crippen LogP contribution in [0, 0.1) is 6.92 Å². The Morgan fingerprint density at radius 3 is 2.23 bits per heavy atom. The fourth-order valence-electron chi connectivity index (χ4n) is 3.01. The van der Waals surface area contributed by atoms with Crippen LogP contribution < -0.4 is 4.90 Å². The Kier molecular flexibility index (Phi) is 8.25. The zero-order chi connectivity index (χ0) is 23.0. The molecular weight excluding hydrogens is 403 g/mol. The average molecular weight is 429 g/mol. The van der Waals surface area contributed by atoms with Crippen LogP contribution in [0.25, 0.3) is 0 Å². The molecule has 0 heterocycles. The molecule has 0 atom stereocenters. The number of alkyl halides is 3. The van der Waals surface area contributed by atoms with Gasteiger partial charge in [0.2, 0.25) is 5.91 Å². The maximum Gasteiger partial charge on any atom is 0.416 e. The fraction of sp³-hybridized carbons (Fsp3) is 0.240. The molecule has 0 radical (unpaired) electrons. The number of halogens is 3. The van der Waals surface area contributed by atoms with E-state index in [2.05, 4.69) is 13.2 Å². The van der Waals surface area contributed by atoms with Crippen molar-refractivity contribution < 1.29 is 22.7 Å². The second-order valence-electron chi connectivity index (χ2n) is 7.06. The topological polar surface area (TPSA) is 29.5 Å².